The molecule has 11 rings (SSSR count). The van der Waals surface area contributed by atoms with Gasteiger partial charge in [-0.3, -0.25) is 0 Å². The van der Waals surface area contributed by atoms with Crippen LogP contribution in [0.5, 0.6) is 0 Å². The Hall–Kier alpha value is -8.45. The van der Waals surface area contributed by atoms with Crippen molar-refractivity contribution in [1.82, 2.24) is 9.97 Å². The van der Waals surface area contributed by atoms with Gasteiger partial charge in [-0.25, -0.2) is 14.8 Å². The van der Waals surface area contributed by atoms with Crippen LogP contribution in [0.1, 0.15) is 0 Å². The quantitative estimate of drug-likeness (QED) is 0.0915. The molecule has 1 heterocycles. The van der Waals surface area contributed by atoms with Crippen molar-refractivity contribution in [3.8, 4) is 78.4 Å². The third-order valence-corrected chi connectivity index (χ3v) is 11.9. The van der Waals surface area contributed by atoms with Gasteiger partial charge in [0.05, 0.1) is 18.0 Å². The summed E-state index contributed by atoms with van der Waals surface area (Å²) in [4.78, 5) is 13.7. The average molecular weight is 788 g/mol. The zero-order valence-electron chi connectivity index (χ0n) is 33.7. The molecular weight excluding hydrogens is 751 g/mol. The number of fused-ring (bicyclic) bond motifs is 4. The van der Waals surface area contributed by atoms with E-state index in [0.717, 1.165) is 50.3 Å². The fourth-order valence-corrected chi connectivity index (χ4v) is 8.87. The first-order chi connectivity index (χ1) is 30.7. The predicted octanol–water partition coefficient (Wildman–Crippen LogP) is 16.2. The van der Waals surface area contributed by atoms with Gasteiger partial charge in [-0.2, -0.15) is 0 Å². The van der Waals surface area contributed by atoms with E-state index in [4.69, 9.17) is 16.5 Å². The summed E-state index contributed by atoms with van der Waals surface area (Å²) in [6.07, 6.45) is 0. The molecule has 0 aliphatic heterocycles. The highest BCUT2D eigenvalue weighted by molar-refractivity contribution is 6.27. The lowest BCUT2D eigenvalue weighted by atomic mass is 9.84. The molecule has 0 saturated heterocycles. The molecule has 3 nitrogen and oxygen atoms in total. The van der Waals surface area contributed by atoms with Crippen molar-refractivity contribution in [2.24, 2.45) is 0 Å². The van der Waals surface area contributed by atoms with E-state index in [0.29, 0.717) is 11.5 Å². The molecule has 0 saturated carbocycles. The minimum absolute atomic E-state index is 0.627. The standard InChI is InChI=1S/C59H37N3/c1-60-49-34-31-41(32-35-49)47-18-12-19-48(37-47)55-38-54(61-59(62-55)46-16-6-3-7-17-46)43-27-23-39(24-28-43)40-25-29-45(30-26-40)57-52-22-11-10-21-51(52)56(44-14-4-2-5-15-44)53-36-33-42-13-8-9-20-50(42)58(53)57/h2-38H. The third kappa shape index (κ3) is 6.67. The van der Waals surface area contributed by atoms with Crippen LogP contribution in [-0.2, 0) is 0 Å². The van der Waals surface area contributed by atoms with Crippen LogP contribution in [-0.4, -0.2) is 9.97 Å². The van der Waals surface area contributed by atoms with E-state index in [-0.39, 0.29) is 0 Å². The van der Waals surface area contributed by atoms with Crippen molar-refractivity contribution in [2.45, 2.75) is 0 Å². The van der Waals surface area contributed by atoms with Gasteiger partial charge in [-0.05, 0) is 89.0 Å². The van der Waals surface area contributed by atoms with E-state index in [1.165, 1.54) is 54.6 Å². The molecule has 0 fully saturated rings. The Bertz CT molecular complexity index is 3480. The summed E-state index contributed by atoms with van der Waals surface area (Å²) in [6, 6.07) is 79.1. The topological polar surface area (TPSA) is 30.1 Å². The molecule has 0 atom stereocenters. The van der Waals surface area contributed by atoms with Gasteiger partial charge >= 0.3 is 0 Å². The molecule has 10 aromatic carbocycles. The summed E-state index contributed by atoms with van der Waals surface area (Å²) < 4.78 is 0. The molecule has 3 heteroatoms. The van der Waals surface area contributed by atoms with E-state index < -0.39 is 0 Å². The number of rotatable bonds is 7. The van der Waals surface area contributed by atoms with Crippen molar-refractivity contribution in [3.63, 3.8) is 0 Å². The van der Waals surface area contributed by atoms with Gasteiger partial charge in [0, 0.05) is 16.7 Å². The molecule has 1 aromatic heterocycles. The Morgan fingerprint density at radius 3 is 1.47 bits per heavy atom. The number of hydrogen-bond donors (Lipinski definition) is 0. The summed E-state index contributed by atoms with van der Waals surface area (Å²) in [7, 11) is 0. The lowest BCUT2D eigenvalue weighted by Gasteiger charge is -2.19. The van der Waals surface area contributed by atoms with Gasteiger partial charge in [-0.15, -0.1) is 0 Å². The lowest BCUT2D eigenvalue weighted by molar-refractivity contribution is 1.18. The van der Waals surface area contributed by atoms with Crippen molar-refractivity contribution in [3.05, 3.63) is 236 Å². The Morgan fingerprint density at radius 2 is 0.790 bits per heavy atom. The molecule has 0 amide bonds. The molecule has 0 radical (unpaired) electrons. The fourth-order valence-electron chi connectivity index (χ4n) is 8.87. The first-order valence-corrected chi connectivity index (χ1v) is 20.8. The van der Waals surface area contributed by atoms with Crippen molar-refractivity contribution in [2.75, 3.05) is 0 Å². The summed E-state index contributed by atoms with van der Waals surface area (Å²) >= 11 is 0. The second-order valence-electron chi connectivity index (χ2n) is 15.6. The van der Waals surface area contributed by atoms with Crippen LogP contribution in [0.4, 0.5) is 5.69 Å². The van der Waals surface area contributed by atoms with Crippen molar-refractivity contribution >= 4 is 38.0 Å². The van der Waals surface area contributed by atoms with Gasteiger partial charge < -0.3 is 0 Å². The van der Waals surface area contributed by atoms with Crippen LogP contribution >= 0.6 is 0 Å². The first-order valence-electron chi connectivity index (χ1n) is 20.8. The highest BCUT2D eigenvalue weighted by Crippen LogP contribution is 2.46. The summed E-state index contributed by atoms with van der Waals surface area (Å²) in [6.45, 7) is 7.34. The number of aromatic nitrogens is 2. The summed E-state index contributed by atoms with van der Waals surface area (Å²) in [5, 5.41) is 7.51. The molecule has 0 aliphatic carbocycles. The molecule has 0 spiro atoms. The summed E-state index contributed by atoms with van der Waals surface area (Å²) in [5.41, 5.74) is 14.6. The smallest absolute Gasteiger partial charge is 0.187 e. The lowest BCUT2D eigenvalue weighted by Crippen LogP contribution is -1.96. The van der Waals surface area contributed by atoms with Crippen molar-refractivity contribution < 1.29 is 0 Å². The van der Waals surface area contributed by atoms with E-state index in [1.807, 2.05) is 42.5 Å². The molecule has 62 heavy (non-hydrogen) atoms. The zero-order chi connectivity index (χ0) is 41.4. The van der Waals surface area contributed by atoms with Crippen LogP contribution < -0.4 is 0 Å². The van der Waals surface area contributed by atoms with Crippen LogP contribution in [0, 0.1) is 6.57 Å². The first kappa shape index (κ1) is 36.6. The molecule has 288 valence electrons. The molecule has 0 unspecified atom stereocenters. The Balaban J connectivity index is 0.978. The maximum absolute atomic E-state index is 7.34. The molecule has 0 N–H and O–H groups in total. The monoisotopic (exact) mass is 787 g/mol. The minimum atomic E-state index is 0.627. The Kier molecular flexibility index (Phi) is 9.23. The van der Waals surface area contributed by atoms with Gasteiger partial charge in [0.1, 0.15) is 0 Å². The second-order valence-corrected chi connectivity index (χ2v) is 15.6. The summed E-state index contributed by atoms with van der Waals surface area (Å²) in [5.74, 6) is 0.675. The maximum atomic E-state index is 7.34. The van der Waals surface area contributed by atoms with Gasteiger partial charge in [0.15, 0.2) is 11.5 Å². The van der Waals surface area contributed by atoms with E-state index in [1.54, 1.807) is 0 Å². The predicted molar refractivity (Wildman–Crippen MR) is 259 cm³/mol. The number of nitrogens with zero attached hydrogens (tertiary/aromatic N) is 3. The zero-order valence-corrected chi connectivity index (χ0v) is 33.7. The molecule has 0 bridgehead atoms. The number of benzene rings is 10. The number of hydrogen-bond acceptors (Lipinski definition) is 2. The maximum Gasteiger partial charge on any atom is 0.187 e. The molecule has 11 aromatic rings. The minimum Gasteiger partial charge on any atom is -0.238 e. The normalized spacial score (nSPS) is 11.2. The highest BCUT2D eigenvalue weighted by atomic mass is 14.9. The SMILES string of the molecule is [C-]#[N+]c1ccc(-c2cccc(-c3cc(-c4ccc(-c5ccc(-c6c7ccccc7c(-c7ccccc7)c7ccc8ccccc8c67)cc5)cc4)nc(-c4ccccc4)n3)c2)cc1. The Labute approximate surface area is 360 Å². The average Bonchev–Trinajstić information content (AvgIpc) is 3.36. The van der Waals surface area contributed by atoms with Gasteiger partial charge in [-0.1, -0.05) is 212 Å². The highest BCUT2D eigenvalue weighted by Gasteiger charge is 2.19. The van der Waals surface area contributed by atoms with E-state index in [2.05, 4.69) is 187 Å². The second kappa shape index (κ2) is 15.6. The largest absolute Gasteiger partial charge is 0.238 e. The van der Waals surface area contributed by atoms with Crippen LogP contribution in [0.15, 0.2) is 224 Å². The van der Waals surface area contributed by atoms with Gasteiger partial charge in [0.2, 0.25) is 0 Å². The fraction of sp³-hybridized carbons (Fsp3) is 0. The van der Waals surface area contributed by atoms with Crippen molar-refractivity contribution in [1.29, 1.82) is 0 Å². The van der Waals surface area contributed by atoms with E-state index >= 15 is 0 Å². The van der Waals surface area contributed by atoms with Crippen LogP contribution in [0.25, 0.3) is 116 Å². The van der Waals surface area contributed by atoms with Crippen LogP contribution in [0.2, 0.25) is 0 Å². The van der Waals surface area contributed by atoms with E-state index in [9.17, 15) is 0 Å². The Morgan fingerprint density at radius 1 is 0.306 bits per heavy atom. The van der Waals surface area contributed by atoms with Crippen LogP contribution in [0.3, 0.4) is 0 Å². The molecular formula is C59H37N3. The molecule has 0 aliphatic rings. The van der Waals surface area contributed by atoms with Gasteiger partial charge in [0.25, 0.3) is 0 Å². The third-order valence-electron chi connectivity index (χ3n) is 11.9.